The number of hydrogen-bond donors (Lipinski definition) is 0. The molecule has 0 aromatic heterocycles. The van der Waals surface area contributed by atoms with Gasteiger partial charge in [-0.3, -0.25) is 9.69 Å². The maximum absolute atomic E-state index is 14.4. The fourth-order valence-electron chi connectivity index (χ4n) is 2.35. The third-order valence-corrected chi connectivity index (χ3v) is 3.43. The number of hydrogen-bond acceptors (Lipinski definition) is 2. The van der Waals surface area contributed by atoms with Crippen LogP contribution in [0.1, 0.15) is 21.5 Å². The summed E-state index contributed by atoms with van der Waals surface area (Å²) >= 11 is 0. The highest BCUT2D eigenvalue weighted by molar-refractivity contribution is 6.00. The van der Waals surface area contributed by atoms with Crippen LogP contribution in [0.3, 0.4) is 0 Å². The van der Waals surface area contributed by atoms with Gasteiger partial charge in [0.25, 0.3) is 5.91 Å². The van der Waals surface area contributed by atoms with Gasteiger partial charge >= 0.3 is 0 Å². The Labute approximate surface area is 126 Å². The number of halogens is 2. The SMILES string of the molecule is C#CN1Cc2cc(F)c(OCc3ccccc3)c(F)c2C1=O. The monoisotopic (exact) mass is 299 g/mol. The number of fused-ring (bicyclic) bond motifs is 1. The number of benzene rings is 2. The van der Waals surface area contributed by atoms with Crippen LogP contribution in [0.15, 0.2) is 36.4 Å². The van der Waals surface area contributed by atoms with E-state index in [0.29, 0.717) is 0 Å². The van der Waals surface area contributed by atoms with Gasteiger partial charge in [0.05, 0.1) is 12.1 Å². The molecule has 3 rings (SSSR count). The van der Waals surface area contributed by atoms with Crippen molar-refractivity contribution in [3.63, 3.8) is 0 Å². The predicted molar refractivity (Wildman–Crippen MR) is 75.8 cm³/mol. The van der Waals surface area contributed by atoms with E-state index in [2.05, 4.69) is 6.04 Å². The molecule has 1 amide bonds. The smallest absolute Gasteiger partial charge is 0.269 e. The molecule has 0 unspecified atom stereocenters. The number of rotatable bonds is 3. The molecular weight excluding hydrogens is 288 g/mol. The second kappa shape index (κ2) is 5.49. The lowest BCUT2D eigenvalue weighted by Crippen LogP contribution is -2.17. The molecule has 1 heterocycles. The summed E-state index contributed by atoms with van der Waals surface area (Å²) in [5.41, 5.74) is 0.769. The summed E-state index contributed by atoms with van der Waals surface area (Å²) < 4.78 is 33.7. The van der Waals surface area contributed by atoms with E-state index in [1.807, 2.05) is 6.07 Å². The number of nitrogens with zero attached hydrogens (tertiary/aromatic N) is 1. The summed E-state index contributed by atoms with van der Waals surface area (Å²) in [4.78, 5) is 12.9. The van der Waals surface area contributed by atoms with E-state index in [-0.39, 0.29) is 24.3 Å². The molecule has 0 fully saturated rings. The molecule has 0 spiro atoms. The van der Waals surface area contributed by atoms with Gasteiger partial charge in [-0.05, 0) is 17.2 Å². The van der Waals surface area contributed by atoms with Gasteiger partial charge in [-0.2, -0.15) is 0 Å². The second-order valence-electron chi connectivity index (χ2n) is 4.83. The van der Waals surface area contributed by atoms with E-state index in [1.165, 1.54) is 0 Å². The lowest BCUT2D eigenvalue weighted by atomic mass is 10.1. The lowest BCUT2D eigenvalue weighted by Gasteiger charge is -2.10. The van der Waals surface area contributed by atoms with Crippen LogP contribution in [0.2, 0.25) is 0 Å². The molecule has 110 valence electrons. The first-order chi connectivity index (χ1) is 10.6. The zero-order valence-electron chi connectivity index (χ0n) is 11.5. The zero-order valence-corrected chi connectivity index (χ0v) is 11.5. The Kier molecular flexibility index (Phi) is 3.51. The average Bonchev–Trinajstić information content (AvgIpc) is 2.84. The summed E-state index contributed by atoms with van der Waals surface area (Å²) in [5.74, 6) is -3.07. The first kappa shape index (κ1) is 14.1. The van der Waals surface area contributed by atoms with E-state index in [4.69, 9.17) is 11.2 Å². The Hall–Kier alpha value is -2.87. The fourth-order valence-corrected chi connectivity index (χ4v) is 2.35. The number of carbonyl (C=O) groups excluding carboxylic acids is 1. The van der Waals surface area contributed by atoms with Gasteiger partial charge in [0.15, 0.2) is 17.4 Å². The highest BCUT2D eigenvalue weighted by Gasteiger charge is 2.33. The Morgan fingerprint density at radius 1 is 1.27 bits per heavy atom. The number of ether oxygens (including phenoxy) is 1. The molecule has 0 saturated heterocycles. The Morgan fingerprint density at radius 2 is 2.00 bits per heavy atom. The Bertz CT molecular complexity index is 781. The van der Waals surface area contributed by atoms with Gasteiger partial charge in [0.2, 0.25) is 0 Å². The normalized spacial score (nSPS) is 13.0. The molecule has 0 bridgehead atoms. The van der Waals surface area contributed by atoms with Crippen molar-refractivity contribution in [3.05, 3.63) is 64.7 Å². The van der Waals surface area contributed by atoms with Crippen LogP contribution in [0.5, 0.6) is 5.75 Å². The van der Waals surface area contributed by atoms with Crippen molar-refractivity contribution in [1.82, 2.24) is 4.90 Å². The molecular formula is C17H11F2NO2. The van der Waals surface area contributed by atoms with E-state index in [0.717, 1.165) is 16.5 Å². The third kappa shape index (κ3) is 2.29. The Morgan fingerprint density at radius 3 is 2.68 bits per heavy atom. The molecule has 2 aromatic carbocycles. The molecule has 5 heteroatoms. The van der Waals surface area contributed by atoms with Crippen molar-refractivity contribution >= 4 is 5.91 Å². The maximum Gasteiger partial charge on any atom is 0.269 e. The third-order valence-electron chi connectivity index (χ3n) is 3.43. The van der Waals surface area contributed by atoms with Crippen LogP contribution < -0.4 is 4.74 Å². The predicted octanol–water partition coefficient (Wildman–Crippen LogP) is 3.09. The van der Waals surface area contributed by atoms with Gasteiger partial charge in [0.1, 0.15) is 6.61 Å². The van der Waals surface area contributed by atoms with Crippen LogP contribution >= 0.6 is 0 Å². The average molecular weight is 299 g/mol. The highest BCUT2D eigenvalue weighted by atomic mass is 19.1. The van der Waals surface area contributed by atoms with Crippen molar-refractivity contribution in [2.24, 2.45) is 0 Å². The first-order valence-corrected chi connectivity index (χ1v) is 6.57. The standard InChI is InChI=1S/C17H11F2NO2/c1-2-20-9-12-8-13(18)16(15(19)14(12)17(20)21)22-10-11-6-4-3-5-7-11/h1,3-8H,9-10H2. The summed E-state index contributed by atoms with van der Waals surface area (Å²) in [6, 6.07) is 12.2. The largest absolute Gasteiger partial charge is 0.483 e. The topological polar surface area (TPSA) is 29.5 Å². The van der Waals surface area contributed by atoms with Crippen LogP contribution in [0.25, 0.3) is 0 Å². The van der Waals surface area contributed by atoms with Crippen molar-refractivity contribution in [3.8, 4) is 18.2 Å². The van der Waals surface area contributed by atoms with Gasteiger partial charge in [-0.1, -0.05) is 36.8 Å². The van der Waals surface area contributed by atoms with Gasteiger partial charge in [-0.15, -0.1) is 0 Å². The second-order valence-corrected chi connectivity index (χ2v) is 4.83. The van der Waals surface area contributed by atoms with Crippen LogP contribution in [-0.4, -0.2) is 10.8 Å². The lowest BCUT2D eigenvalue weighted by molar-refractivity contribution is 0.0850. The molecule has 0 N–H and O–H groups in total. The van der Waals surface area contributed by atoms with E-state index < -0.39 is 23.3 Å². The molecule has 0 aliphatic carbocycles. The molecule has 0 radical (unpaired) electrons. The molecule has 1 aliphatic rings. The van der Waals surface area contributed by atoms with Crippen molar-refractivity contribution < 1.29 is 18.3 Å². The van der Waals surface area contributed by atoms with Gasteiger partial charge in [0, 0.05) is 6.04 Å². The van der Waals surface area contributed by atoms with Crippen molar-refractivity contribution in [2.75, 3.05) is 0 Å². The number of terminal acetylenes is 1. The van der Waals surface area contributed by atoms with E-state index in [1.54, 1.807) is 24.3 Å². The number of carbonyl (C=O) groups is 1. The summed E-state index contributed by atoms with van der Waals surface area (Å²) in [5, 5.41) is 0. The Balaban J connectivity index is 1.93. The van der Waals surface area contributed by atoms with E-state index >= 15 is 0 Å². The van der Waals surface area contributed by atoms with Crippen LogP contribution in [0.4, 0.5) is 8.78 Å². The molecule has 3 nitrogen and oxygen atoms in total. The summed E-state index contributed by atoms with van der Waals surface area (Å²) in [7, 11) is 0. The minimum absolute atomic E-state index is 0.000506. The van der Waals surface area contributed by atoms with E-state index in [9.17, 15) is 13.6 Å². The minimum atomic E-state index is -1.01. The minimum Gasteiger partial charge on any atom is -0.483 e. The van der Waals surface area contributed by atoms with Crippen LogP contribution in [0, 0.1) is 24.1 Å². The molecule has 2 aromatic rings. The van der Waals surface area contributed by atoms with Gasteiger partial charge in [-0.25, -0.2) is 8.78 Å². The quantitative estimate of drug-likeness (QED) is 0.815. The highest BCUT2D eigenvalue weighted by Crippen LogP contribution is 2.33. The molecule has 0 atom stereocenters. The zero-order chi connectivity index (χ0) is 15.7. The summed E-state index contributed by atoms with van der Waals surface area (Å²) in [6.45, 7) is -0.00200. The molecule has 1 aliphatic heterocycles. The number of amides is 1. The van der Waals surface area contributed by atoms with Crippen molar-refractivity contribution in [2.45, 2.75) is 13.2 Å². The van der Waals surface area contributed by atoms with Crippen molar-refractivity contribution in [1.29, 1.82) is 0 Å². The summed E-state index contributed by atoms with van der Waals surface area (Å²) in [6.07, 6.45) is 5.17. The van der Waals surface area contributed by atoms with Crippen LogP contribution in [-0.2, 0) is 13.2 Å². The van der Waals surface area contributed by atoms with Gasteiger partial charge < -0.3 is 4.74 Å². The molecule has 0 saturated carbocycles. The molecule has 22 heavy (non-hydrogen) atoms. The first-order valence-electron chi connectivity index (χ1n) is 6.57. The maximum atomic E-state index is 14.4. The fraction of sp³-hybridized carbons (Fsp3) is 0.118.